The molecule has 258 valence electrons. The molecule has 0 amide bonds. The Morgan fingerprint density at radius 2 is 0.932 bits per heavy atom. The minimum atomic E-state index is -1.99. The molecule has 20 nitrogen and oxygen atoms in total. The van der Waals surface area contributed by atoms with E-state index in [1.807, 2.05) is 0 Å². The van der Waals surface area contributed by atoms with Crippen LogP contribution < -0.4 is 0 Å². The van der Waals surface area contributed by atoms with Crippen LogP contribution >= 0.6 is 0 Å². The molecule has 4 fully saturated rings. The highest BCUT2D eigenvalue weighted by Crippen LogP contribution is 2.32. The van der Waals surface area contributed by atoms with Crippen molar-refractivity contribution >= 4 is 0 Å². The van der Waals surface area contributed by atoms with Crippen LogP contribution in [0.15, 0.2) is 0 Å². The Labute approximate surface area is 249 Å². The number of rotatable bonds is 9. The molecule has 0 bridgehead atoms. The zero-order chi connectivity index (χ0) is 32.6. The zero-order valence-corrected chi connectivity index (χ0v) is 23.3. The van der Waals surface area contributed by atoms with Gasteiger partial charge in [-0.1, -0.05) is 0 Å². The molecule has 4 aliphatic rings. The minimum absolute atomic E-state index is 0.674. The van der Waals surface area contributed by atoms with Gasteiger partial charge in [-0.3, -0.25) is 0 Å². The van der Waals surface area contributed by atoms with Crippen LogP contribution in [-0.2, 0) is 33.2 Å². The van der Waals surface area contributed by atoms with Gasteiger partial charge in [-0.25, -0.2) is 0 Å². The second-order valence-electron chi connectivity index (χ2n) is 11.2. The van der Waals surface area contributed by atoms with Crippen LogP contribution in [0.3, 0.4) is 0 Å². The van der Waals surface area contributed by atoms with Crippen LogP contribution in [0.1, 0.15) is 6.92 Å². The Morgan fingerprint density at radius 3 is 1.55 bits per heavy atom. The highest BCUT2D eigenvalue weighted by molar-refractivity contribution is 4.96. The number of aliphatic hydroxyl groups is 13. The first-order chi connectivity index (χ1) is 20.7. The number of hydrogen-bond donors (Lipinski definition) is 13. The summed E-state index contributed by atoms with van der Waals surface area (Å²) in [5, 5.41) is 132. The van der Waals surface area contributed by atoms with E-state index in [2.05, 4.69) is 0 Å². The van der Waals surface area contributed by atoms with Gasteiger partial charge in [0.1, 0.15) is 91.6 Å². The first-order valence-corrected chi connectivity index (χ1v) is 14.0. The van der Waals surface area contributed by atoms with Crippen molar-refractivity contribution in [2.24, 2.45) is 0 Å². The maximum atomic E-state index is 10.7. The largest absolute Gasteiger partial charge is 0.394 e. The predicted molar refractivity (Wildman–Crippen MR) is 132 cm³/mol. The summed E-state index contributed by atoms with van der Waals surface area (Å²) >= 11 is 0. The SMILES string of the molecule is C[C@@H]1O[C@@H](O[C@H]2[C@H](O)[C@@H](O)[C@H](OC[C@H]3O[C@@H](O)[C@H](O[C@@H]4O[C@H](CO)[C@@H](O)[C@H](O)[C@H]4O)[C@@H](O)[C@@H]3O)O[C@@H]2CO)[C@H](O)[C@H](O)[C@H]1O. The standard InChI is InChI=1S/C24H42O20/c1-5-9(27)12(30)16(34)23(39-5)43-19-7(3-26)42-22(18(36)15(19)33)38-4-8-11(29)14(32)20(21(37)40-8)44-24-17(35)13(31)10(28)6(2-25)41-24/h5-37H,2-4H2,1H3/t5-,6+,7+,8+,9-,10+,11+,12+,13-,14-,15+,16+,17+,18+,19+,20+,21+,22+,23-,24-/m0/s1. The van der Waals surface area contributed by atoms with E-state index in [4.69, 9.17) is 33.2 Å². The quantitative estimate of drug-likeness (QED) is 0.110. The van der Waals surface area contributed by atoms with Gasteiger partial charge in [-0.2, -0.15) is 0 Å². The minimum Gasteiger partial charge on any atom is -0.394 e. The Balaban J connectivity index is 1.34. The molecule has 4 aliphatic heterocycles. The molecule has 0 spiro atoms. The molecule has 0 aromatic carbocycles. The second kappa shape index (κ2) is 15.0. The molecule has 44 heavy (non-hydrogen) atoms. The van der Waals surface area contributed by atoms with Crippen molar-refractivity contribution < 1.29 is 99.5 Å². The first-order valence-electron chi connectivity index (χ1n) is 14.0. The van der Waals surface area contributed by atoms with Crippen LogP contribution in [0.4, 0.5) is 0 Å². The summed E-state index contributed by atoms with van der Waals surface area (Å²) in [6, 6.07) is 0. The van der Waals surface area contributed by atoms with Gasteiger partial charge in [0.15, 0.2) is 25.2 Å². The number of ether oxygens (including phenoxy) is 7. The second-order valence-corrected chi connectivity index (χ2v) is 11.2. The van der Waals surface area contributed by atoms with Crippen LogP contribution in [0, 0.1) is 0 Å². The van der Waals surface area contributed by atoms with Crippen molar-refractivity contribution in [3.05, 3.63) is 0 Å². The van der Waals surface area contributed by atoms with Gasteiger partial charge < -0.3 is 99.5 Å². The van der Waals surface area contributed by atoms with E-state index in [1.54, 1.807) is 0 Å². The Hall–Kier alpha value is -0.800. The fourth-order valence-electron chi connectivity index (χ4n) is 5.37. The topological polar surface area (TPSA) is 328 Å². The molecule has 4 rings (SSSR count). The smallest absolute Gasteiger partial charge is 0.187 e. The third kappa shape index (κ3) is 7.19. The van der Waals surface area contributed by atoms with Crippen molar-refractivity contribution in [2.75, 3.05) is 19.8 Å². The van der Waals surface area contributed by atoms with Gasteiger partial charge in [-0.15, -0.1) is 0 Å². The molecule has 4 heterocycles. The van der Waals surface area contributed by atoms with E-state index >= 15 is 0 Å². The van der Waals surface area contributed by atoms with Gasteiger partial charge in [-0.05, 0) is 6.92 Å². The maximum absolute atomic E-state index is 10.7. The third-order valence-electron chi connectivity index (χ3n) is 8.15. The normalized spacial score (nSPS) is 53.9. The van der Waals surface area contributed by atoms with Crippen LogP contribution in [0.5, 0.6) is 0 Å². The molecular weight excluding hydrogens is 608 g/mol. The van der Waals surface area contributed by atoms with Gasteiger partial charge in [0.2, 0.25) is 0 Å². The summed E-state index contributed by atoms with van der Waals surface area (Å²) in [5.74, 6) is 0. The highest BCUT2D eigenvalue weighted by atomic mass is 16.8. The van der Waals surface area contributed by atoms with E-state index in [-0.39, 0.29) is 0 Å². The lowest BCUT2D eigenvalue weighted by Gasteiger charge is -2.46. The van der Waals surface area contributed by atoms with Crippen LogP contribution in [-0.4, -0.2) is 209 Å². The van der Waals surface area contributed by atoms with E-state index in [0.29, 0.717) is 0 Å². The molecule has 20 heteroatoms. The van der Waals surface area contributed by atoms with E-state index < -0.39 is 143 Å². The summed E-state index contributed by atoms with van der Waals surface area (Å²) in [7, 11) is 0. The molecule has 20 atom stereocenters. The van der Waals surface area contributed by atoms with Crippen molar-refractivity contribution in [1.29, 1.82) is 0 Å². The van der Waals surface area contributed by atoms with Gasteiger partial charge in [0.05, 0.1) is 25.9 Å². The van der Waals surface area contributed by atoms with Crippen molar-refractivity contribution in [1.82, 2.24) is 0 Å². The Kier molecular flexibility index (Phi) is 12.3. The number of hydrogen-bond acceptors (Lipinski definition) is 20. The molecule has 0 aromatic heterocycles. The average molecular weight is 651 g/mol. The van der Waals surface area contributed by atoms with Crippen LogP contribution in [0.2, 0.25) is 0 Å². The molecular formula is C24H42O20. The highest BCUT2D eigenvalue weighted by Gasteiger charge is 2.53. The Morgan fingerprint density at radius 1 is 0.455 bits per heavy atom. The monoisotopic (exact) mass is 650 g/mol. The first kappa shape index (κ1) is 36.0. The van der Waals surface area contributed by atoms with E-state index in [1.165, 1.54) is 6.92 Å². The van der Waals surface area contributed by atoms with E-state index in [9.17, 15) is 66.4 Å². The lowest BCUT2D eigenvalue weighted by molar-refractivity contribution is -0.372. The summed E-state index contributed by atoms with van der Waals surface area (Å²) in [6.07, 6.45) is -33.2. The molecule has 0 aromatic rings. The molecule has 0 aliphatic carbocycles. The lowest BCUT2D eigenvalue weighted by atomic mass is 9.96. The van der Waals surface area contributed by atoms with Crippen molar-refractivity contribution in [3.63, 3.8) is 0 Å². The predicted octanol–water partition coefficient (Wildman–Crippen LogP) is -8.72. The molecule has 13 N–H and O–H groups in total. The van der Waals surface area contributed by atoms with Gasteiger partial charge in [0.25, 0.3) is 0 Å². The number of aliphatic hydroxyl groups excluding tert-OH is 13. The molecule has 0 radical (unpaired) electrons. The van der Waals surface area contributed by atoms with Gasteiger partial charge in [0, 0.05) is 0 Å². The molecule has 0 unspecified atom stereocenters. The summed E-state index contributed by atoms with van der Waals surface area (Å²) in [6.45, 7) is -0.845. The van der Waals surface area contributed by atoms with Crippen LogP contribution in [0.25, 0.3) is 0 Å². The van der Waals surface area contributed by atoms with E-state index in [0.717, 1.165) is 0 Å². The lowest BCUT2D eigenvalue weighted by Crippen LogP contribution is -2.65. The average Bonchev–Trinajstić information content (AvgIpc) is 3.00. The summed E-state index contributed by atoms with van der Waals surface area (Å²) in [4.78, 5) is 0. The fraction of sp³-hybridized carbons (Fsp3) is 1.00. The molecule has 0 saturated carbocycles. The van der Waals surface area contributed by atoms with Gasteiger partial charge >= 0.3 is 0 Å². The fourth-order valence-corrected chi connectivity index (χ4v) is 5.37. The molecule has 4 saturated heterocycles. The van der Waals surface area contributed by atoms with Crippen molar-refractivity contribution in [3.8, 4) is 0 Å². The van der Waals surface area contributed by atoms with Crippen molar-refractivity contribution in [2.45, 2.75) is 130 Å². The summed E-state index contributed by atoms with van der Waals surface area (Å²) in [5.41, 5.74) is 0. The maximum Gasteiger partial charge on any atom is 0.187 e. The third-order valence-corrected chi connectivity index (χ3v) is 8.15. The summed E-state index contributed by atoms with van der Waals surface area (Å²) < 4.78 is 37.5. The Bertz CT molecular complexity index is 898. The zero-order valence-electron chi connectivity index (χ0n) is 23.3.